The van der Waals surface area contributed by atoms with Gasteiger partial charge >= 0.3 is 0 Å². The molecule has 1 unspecified atom stereocenters. The van der Waals surface area contributed by atoms with Crippen molar-refractivity contribution in [2.45, 2.75) is 57.3 Å². The summed E-state index contributed by atoms with van der Waals surface area (Å²) in [7, 11) is -0.134. The van der Waals surface area contributed by atoms with Gasteiger partial charge in [0.05, 0.1) is 5.44 Å². The number of nitrogens with zero attached hydrogens (tertiary/aromatic N) is 3. The molecular formula is C33H36N4P+. The van der Waals surface area contributed by atoms with Crippen molar-refractivity contribution in [3.8, 4) is 0 Å². The highest BCUT2D eigenvalue weighted by atomic mass is 31.1. The van der Waals surface area contributed by atoms with E-state index in [1.807, 2.05) is 12.3 Å². The summed E-state index contributed by atoms with van der Waals surface area (Å²) in [5.41, 5.74) is 8.78. The quantitative estimate of drug-likeness (QED) is 0.215. The van der Waals surface area contributed by atoms with E-state index in [0.29, 0.717) is 14.9 Å². The first-order valence-corrected chi connectivity index (χ1v) is 14.9. The van der Waals surface area contributed by atoms with E-state index in [-0.39, 0.29) is 7.92 Å². The fourth-order valence-corrected chi connectivity index (χ4v) is 10.5. The first kappa shape index (κ1) is 25.0. The Morgan fingerprint density at radius 3 is 1.79 bits per heavy atom. The minimum absolute atomic E-state index is 0.134. The molecule has 38 heavy (non-hydrogen) atoms. The Hall–Kier alpha value is -3.33. The maximum Gasteiger partial charge on any atom is 0.267 e. The molecule has 0 aliphatic carbocycles. The molecule has 7 rings (SSSR count). The Morgan fingerprint density at radius 1 is 0.684 bits per heavy atom. The maximum absolute atomic E-state index is 5.01. The number of fused-ring (bicyclic) bond motifs is 1. The number of allylic oxidation sites excluding steroid dienone is 1. The molecule has 5 heteroatoms. The third-order valence-corrected chi connectivity index (χ3v) is 11.6. The lowest BCUT2D eigenvalue weighted by Crippen LogP contribution is -2.39. The highest BCUT2D eigenvalue weighted by Crippen LogP contribution is 2.64. The summed E-state index contributed by atoms with van der Waals surface area (Å²) in [4.78, 5) is 0. The van der Waals surface area contributed by atoms with Gasteiger partial charge in [-0.1, -0.05) is 111 Å². The van der Waals surface area contributed by atoms with Crippen molar-refractivity contribution in [1.29, 1.82) is 0 Å². The number of para-hydroxylation sites is 1. The number of quaternary nitrogens is 1. The van der Waals surface area contributed by atoms with Gasteiger partial charge in [-0.05, 0) is 49.3 Å². The van der Waals surface area contributed by atoms with E-state index in [1.165, 1.54) is 52.9 Å². The Bertz CT molecular complexity index is 1460. The highest BCUT2D eigenvalue weighted by Gasteiger charge is 2.70. The van der Waals surface area contributed by atoms with Crippen LogP contribution in [-0.2, 0) is 0 Å². The minimum Gasteiger partial charge on any atom is -0.278 e. The molecule has 0 radical (unpaired) electrons. The molecule has 1 N–H and O–H groups in total. The average Bonchev–Trinajstić information content (AvgIpc) is 3.18. The molecule has 192 valence electrons. The van der Waals surface area contributed by atoms with Crippen molar-refractivity contribution in [2.24, 2.45) is 5.10 Å². The normalized spacial score (nSPS) is 22.9. The summed E-state index contributed by atoms with van der Waals surface area (Å²) in [5.74, 6) is 0. The van der Waals surface area contributed by atoms with Gasteiger partial charge in [0, 0.05) is 29.5 Å². The number of rotatable bonds is 4. The summed E-state index contributed by atoms with van der Waals surface area (Å²) < 4.78 is 0.565. The highest BCUT2D eigenvalue weighted by molar-refractivity contribution is 7.68. The van der Waals surface area contributed by atoms with Crippen LogP contribution in [0.3, 0.4) is 0 Å². The van der Waals surface area contributed by atoms with Gasteiger partial charge in [-0.25, -0.2) is 0 Å². The van der Waals surface area contributed by atoms with Crippen LogP contribution in [0.1, 0.15) is 58.1 Å². The Balaban J connectivity index is 0.000000153. The van der Waals surface area contributed by atoms with E-state index in [1.54, 1.807) is 0 Å². The van der Waals surface area contributed by atoms with Gasteiger partial charge in [-0.2, -0.15) is 5.10 Å². The number of hydrogen-bond acceptors (Lipinski definition) is 2. The molecule has 3 aliphatic heterocycles. The monoisotopic (exact) mass is 519 g/mol. The van der Waals surface area contributed by atoms with Crippen LogP contribution in [0.15, 0.2) is 114 Å². The zero-order valence-electron chi connectivity index (χ0n) is 22.7. The van der Waals surface area contributed by atoms with Crippen molar-refractivity contribution >= 4 is 30.5 Å². The molecule has 1 aromatic heterocycles. The van der Waals surface area contributed by atoms with Crippen LogP contribution in [0.5, 0.6) is 0 Å². The lowest BCUT2D eigenvalue weighted by Gasteiger charge is -2.49. The second-order valence-corrected chi connectivity index (χ2v) is 15.2. The topological polar surface area (TPSA) is 41.0 Å². The first-order valence-electron chi connectivity index (χ1n) is 13.6. The van der Waals surface area contributed by atoms with Crippen LogP contribution in [0.2, 0.25) is 0 Å². The second-order valence-electron chi connectivity index (χ2n) is 11.6. The van der Waals surface area contributed by atoms with E-state index in [0.717, 1.165) is 5.71 Å². The van der Waals surface area contributed by atoms with E-state index in [9.17, 15) is 0 Å². The Kier molecular flexibility index (Phi) is 6.21. The van der Waals surface area contributed by atoms with Gasteiger partial charge in [0.2, 0.25) is 5.70 Å². The number of aromatic nitrogens is 2. The fraction of sp³-hybridized carbons (Fsp3) is 0.273. The first-order chi connectivity index (χ1) is 18.3. The summed E-state index contributed by atoms with van der Waals surface area (Å²) in [5, 5.41) is 13.2. The number of H-pyrrole nitrogens is 1. The van der Waals surface area contributed by atoms with Gasteiger partial charge in [0.1, 0.15) is 0 Å². The van der Waals surface area contributed by atoms with Crippen LogP contribution in [0.25, 0.3) is 5.70 Å². The van der Waals surface area contributed by atoms with Crippen molar-refractivity contribution in [3.05, 3.63) is 120 Å². The van der Waals surface area contributed by atoms with Crippen LogP contribution >= 0.6 is 7.92 Å². The van der Waals surface area contributed by atoms with Gasteiger partial charge < -0.3 is 0 Å². The van der Waals surface area contributed by atoms with Gasteiger partial charge in [-0.15, -0.1) is 0 Å². The zero-order chi connectivity index (χ0) is 26.4. The van der Waals surface area contributed by atoms with Crippen molar-refractivity contribution < 1.29 is 0 Å². The summed E-state index contributed by atoms with van der Waals surface area (Å²) in [6.07, 6.45) is 5.95. The zero-order valence-corrected chi connectivity index (χ0v) is 23.6. The van der Waals surface area contributed by atoms with Crippen molar-refractivity contribution in [3.63, 3.8) is 0 Å². The number of nitrogens with one attached hydrogen (secondary N) is 1. The molecule has 1 fully saturated rings. The lowest BCUT2D eigenvalue weighted by atomic mass is 9.98. The molecule has 0 spiro atoms. The molecule has 0 saturated carbocycles. The minimum atomic E-state index is -0.134. The van der Waals surface area contributed by atoms with Crippen LogP contribution in [0.4, 0.5) is 5.69 Å². The molecule has 4 aromatic rings. The molecule has 1 atom stereocenters. The SMILES string of the molecule is CC1(C)CCCC(C)(C)P1c1ccn[nH]1.c1ccc(C2=N[N+]3(c4ccccc4)C2=C3c2ccccc2)cc1. The predicted molar refractivity (Wildman–Crippen MR) is 162 cm³/mol. The summed E-state index contributed by atoms with van der Waals surface area (Å²) in [6.45, 7) is 9.67. The van der Waals surface area contributed by atoms with Crippen molar-refractivity contribution in [2.75, 3.05) is 0 Å². The predicted octanol–water partition coefficient (Wildman–Crippen LogP) is 8.05. The van der Waals surface area contributed by atoms with Crippen LogP contribution in [0, 0.1) is 0 Å². The van der Waals surface area contributed by atoms with Gasteiger partial charge in [0.15, 0.2) is 11.4 Å². The second kappa shape index (κ2) is 9.45. The van der Waals surface area contributed by atoms with Crippen LogP contribution < -0.4 is 10.0 Å². The standard InChI is InChI=1S/C21H15N2.C12H21N2P/c1-4-10-16(11-5-1)19-21-20(17-12-6-2-7-13-17)23(21,22-19)18-14-8-3-9-15-18;1-11(2)7-5-8-12(3,4)15(11)10-6-9-13-14-10/h1-15H;6,9H,5,7-8H2,1-4H3,(H,13,14)/q+1;. The Labute approximate surface area is 227 Å². The number of benzene rings is 3. The Morgan fingerprint density at radius 2 is 1.24 bits per heavy atom. The molecule has 3 aliphatic rings. The third kappa shape index (κ3) is 4.17. The largest absolute Gasteiger partial charge is 0.278 e. The molecule has 0 amide bonds. The maximum atomic E-state index is 5.01. The van der Waals surface area contributed by atoms with Gasteiger partial charge in [0.25, 0.3) is 5.70 Å². The lowest BCUT2D eigenvalue weighted by molar-refractivity contribution is 0.470. The van der Waals surface area contributed by atoms with E-state index >= 15 is 0 Å². The summed E-state index contributed by atoms with van der Waals surface area (Å²) in [6, 6.07) is 33.7. The molecular weight excluding hydrogens is 483 g/mol. The van der Waals surface area contributed by atoms with E-state index < -0.39 is 0 Å². The van der Waals surface area contributed by atoms with Crippen molar-refractivity contribution in [1.82, 2.24) is 14.8 Å². The van der Waals surface area contributed by atoms with E-state index in [2.05, 4.69) is 129 Å². The molecule has 4 heterocycles. The molecule has 0 bridgehead atoms. The third-order valence-electron chi connectivity index (χ3n) is 8.03. The summed E-state index contributed by atoms with van der Waals surface area (Å²) >= 11 is 0. The number of hydrogen-bond donors (Lipinski definition) is 1. The van der Waals surface area contributed by atoms with E-state index in [4.69, 9.17) is 5.10 Å². The smallest absolute Gasteiger partial charge is 0.267 e. The van der Waals surface area contributed by atoms with Gasteiger partial charge in [-0.3, -0.25) is 5.10 Å². The molecule has 3 aromatic carbocycles. The molecule has 4 nitrogen and oxygen atoms in total. The number of aromatic amines is 1. The fourth-order valence-electron chi connectivity index (χ4n) is 6.45. The molecule has 1 saturated heterocycles. The average molecular weight is 520 g/mol. The van der Waals surface area contributed by atoms with Crippen LogP contribution in [-0.4, -0.2) is 26.2 Å².